The van der Waals surface area contributed by atoms with E-state index in [9.17, 15) is 14.7 Å². The Labute approximate surface area is 143 Å². The van der Waals surface area contributed by atoms with Gasteiger partial charge in [0.05, 0.1) is 5.56 Å². The fraction of sp³-hybridized carbons (Fsp3) is 0.125. The molecule has 0 aliphatic heterocycles. The van der Waals surface area contributed by atoms with E-state index in [0.29, 0.717) is 5.56 Å². The number of amides is 1. The van der Waals surface area contributed by atoms with Crippen LogP contribution in [0.4, 0.5) is 5.69 Å². The highest BCUT2D eigenvalue weighted by atomic mass is 35.5. The molecule has 0 heterocycles. The number of nitrogens with two attached hydrogens (primary N) is 1. The topological polar surface area (TPSA) is 92.4 Å². The molecule has 0 aromatic heterocycles. The number of primary amides is 1. The summed E-state index contributed by atoms with van der Waals surface area (Å²) in [5, 5.41) is 12.6. The number of carboxylic acids is 1. The Morgan fingerprint density at radius 2 is 1.78 bits per heavy atom. The van der Waals surface area contributed by atoms with Gasteiger partial charge in [-0.25, -0.2) is 4.79 Å². The summed E-state index contributed by atoms with van der Waals surface area (Å²) in [5.74, 6) is -1.85. The lowest BCUT2D eigenvalue weighted by atomic mass is 10.0. The van der Waals surface area contributed by atoms with Gasteiger partial charge in [0.1, 0.15) is 6.04 Å². The molecule has 0 saturated heterocycles. The number of carbonyl (C=O) groups excluding carboxylic acids is 1. The zero-order valence-electron chi connectivity index (χ0n) is 12.1. The second-order valence-electron chi connectivity index (χ2n) is 4.97. The highest BCUT2D eigenvalue weighted by Gasteiger charge is 2.25. The molecule has 0 aliphatic rings. The summed E-state index contributed by atoms with van der Waals surface area (Å²) < 4.78 is 0. The van der Waals surface area contributed by atoms with E-state index in [1.165, 1.54) is 6.07 Å². The van der Waals surface area contributed by atoms with E-state index in [-0.39, 0.29) is 21.3 Å². The Bertz CT molecular complexity index is 758. The Morgan fingerprint density at radius 3 is 2.30 bits per heavy atom. The van der Waals surface area contributed by atoms with Crippen LogP contribution >= 0.6 is 23.2 Å². The molecule has 0 spiro atoms. The number of halogens is 2. The van der Waals surface area contributed by atoms with Crippen molar-refractivity contribution >= 4 is 40.8 Å². The van der Waals surface area contributed by atoms with Gasteiger partial charge >= 0.3 is 5.97 Å². The van der Waals surface area contributed by atoms with Gasteiger partial charge in [0, 0.05) is 21.3 Å². The molecule has 2 rings (SSSR count). The molecule has 120 valence electrons. The first kappa shape index (κ1) is 17.1. The summed E-state index contributed by atoms with van der Waals surface area (Å²) in [5.41, 5.74) is 6.86. The predicted octanol–water partition coefficient (Wildman–Crippen LogP) is 3.64. The molecule has 2 aromatic carbocycles. The van der Waals surface area contributed by atoms with E-state index in [0.717, 1.165) is 5.56 Å². The standard InChI is InChI=1S/C16H14Cl2N2O3/c1-8-5-6-9(16(22)23)12(7-8)20-14(15(19)21)13-10(17)3-2-4-11(13)18/h2-7,14,20H,1H3,(H2,19,21)(H,22,23). The molecule has 1 amide bonds. The van der Waals surface area contributed by atoms with Crippen molar-refractivity contribution in [2.75, 3.05) is 5.32 Å². The number of anilines is 1. The van der Waals surface area contributed by atoms with Crippen molar-refractivity contribution in [3.05, 3.63) is 63.1 Å². The Hall–Kier alpha value is -2.24. The minimum absolute atomic E-state index is 0.0185. The van der Waals surface area contributed by atoms with E-state index < -0.39 is 17.9 Å². The van der Waals surface area contributed by atoms with Gasteiger partial charge in [-0.05, 0) is 36.8 Å². The first-order valence-electron chi connectivity index (χ1n) is 6.65. The van der Waals surface area contributed by atoms with E-state index in [1.807, 2.05) is 0 Å². The summed E-state index contributed by atoms with van der Waals surface area (Å²) >= 11 is 12.2. The first-order valence-corrected chi connectivity index (χ1v) is 7.40. The van der Waals surface area contributed by atoms with Gasteiger partial charge in [0.15, 0.2) is 0 Å². The van der Waals surface area contributed by atoms with Gasteiger partial charge in [-0.15, -0.1) is 0 Å². The number of hydrogen-bond acceptors (Lipinski definition) is 3. The zero-order valence-corrected chi connectivity index (χ0v) is 13.7. The number of aromatic carboxylic acids is 1. The summed E-state index contributed by atoms with van der Waals surface area (Å²) in [6.45, 7) is 1.80. The molecule has 0 bridgehead atoms. The molecule has 1 atom stereocenters. The largest absolute Gasteiger partial charge is 0.478 e. The van der Waals surface area contributed by atoms with Gasteiger partial charge in [-0.3, -0.25) is 4.79 Å². The van der Waals surface area contributed by atoms with Crippen LogP contribution in [-0.4, -0.2) is 17.0 Å². The fourth-order valence-corrected chi connectivity index (χ4v) is 2.81. The predicted molar refractivity (Wildman–Crippen MR) is 90.2 cm³/mol. The monoisotopic (exact) mass is 352 g/mol. The second-order valence-corrected chi connectivity index (χ2v) is 5.78. The van der Waals surface area contributed by atoms with Crippen LogP contribution in [0.5, 0.6) is 0 Å². The van der Waals surface area contributed by atoms with Crippen molar-refractivity contribution in [3.8, 4) is 0 Å². The van der Waals surface area contributed by atoms with E-state index >= 15 is 0 Å². The van der Waals surface area contributed by atoms with Crippen LogP contribution in [0.25, 0.3) is 0 Å². The maximum Gasteiger partial charge on any atom is 0.337 e. The number of carboxylic acid groups (broad SMARTS) is 1. The third-order valence-electron chi connectivity index (χ3n) is 3.28. The van der Waals surface area contributed by atoms with Crippen LogP contribution in [0.2, 0.25) is 10.0 Å². The van der Waals surface area contributed by atoms with E-state index in [1.54, 1.807) is 37.3 Å². The average molecular weight is 353 g/mol. The number of nitrogens with one attached hydrogen (secondary N) is 1. The molecule has 0 aliphatic carbocycles. The van der Waals surface area contributed by atoms with Crippen LogP contribution in [0, 0.1) is 6.92 Å². The zero-order chi connectivity index (χ0) is 17.1. The smallest absolute Gasteiger partial charge is 0.337 e. The number of aryl methyl sites for hydroxylation is 1. The Morgan fingerprint density at radius 1 is 1.17 bits per heavy atom. The number of hydrogen-bond donors (Lipinski definition) is 3. The van der Waals surface area contributed by atoms with Gasteiger partial charge in [0.25, 0.3) is 0 Å². The van der Waals surface area contributed by atoms with E-state index in [2.05, 4.69) is 5.32 Å². The molecule has 23 heavy (non-hydrogen) atoms. The quantitative estimate of drug-likeness (QED) is 0.765. The van der Waals surface area contributed by atoms with Crippen LogP contribution in [0.3, 0.4) is 0 Å². The maximum absolute atomic E-state index is 11.9. The first-order chi connectivity index (χ1) is 10.8. The van der Waals surface area contributed by atoms with Crippen LogP contribution in [-0.2, 0) is 4.79 Å². The summed E-state index contributed by atoms with van der Waals surface area (Å²) in [4.78, 5) is 23.2. The number of benzene rings is 2. The third-order valence-corrected chi connectivity index (χ3v) is 3.94. The summed E-state index contributed by atoms with van der Waals surface area (Å²) in [6, 6.07) is 8.47. The molecule has 1 unspecified atom stereocenters. The van der Waals surface area contributed by atoms with Crippen molar-refractivity contribution in [2.45, 2.75) is 13.0 Å². The second kappa shape index (κ2) is 6.89. The molecule has 0 fully saturated rings. The van der Waals surface area contributed by atoms with Gasteiger partial charge in [-0.2, -0.15) is 0 Å². The van der Waals surface area contributed by atoms with Crippen molar-refractivity contribution in [1.82, 2.24) is 0 Å². The number of carbonyl (C=O) groups is 2. The normalized spacial score (nSPS) is 11.8. The summed E-state index contributed by atoms with van der Waals surface area (Å²) in [7, 11) is 0. The van der Waals surface area contributed by atoms with Crippen molar-refractivity contribution in [1.29, 1.82) is 0 Å². The highest BCUT2D eigenvalue weighted by Crippen LogP contribution is 2.33. The highest BCUT2D eigenvalue weighted by molar-refractivity contribution is 6.36. The molecular weight excluding hydrogens is 339 g/mol. The van der Waals surface area contributed by atoms with Crippen molar-refractivity contribution < 1.29 is 14.7 Å². The van der Waals surface area contributed by atoms with Crippen molar-refractivity contribution in [2.24, 2.45) is 5.73 Å². The van der Waals surface area contributed by atoms with Crippen molar-refractivity contribution in [3.63, 3.8) is 0 Å². The van der Waals surface area contributed by atoms with E-state index in [4.69, 9.17) is 28.9 Å². The molecule has 7 heteroatoms. The lowest BCUT2D eigenvalue weighted by molar-refractivity contribution is -0.118. The minimum atomic E-state index is -1.12. The number of rotatable bonds is 5. The molecule has 4 N–H and O–H groups in total. The van der Waals surface area contributed by atoms with Crippen LogP contribution < -0.4 is 11.1 Å². The van der Waals surface area contributed by atoms with Crippen LogP contribution in [0.15, 0.2) is 36.4 Å². The molecule has 0 radical (unpaired) electrons. The Balaban J connectivity index is 2.52. The Kier molecular flexibility index (Phi) is 5.13. The summed E-state index contributed by atoms with van der Waals surface area (Å²) in [6.07, 6.45) is 0. The lowest BCUT2D eigenvalue weighted by Gasteiger charge is -2.21. The van der Waals surface area contributed by atoms with Crippen LogP contribution in [0.1, 0.15) is 27.5 Å². The minimum Gasteiger partial charge on any atom is -0.478 e. The maximum atomic E-state index is 11.9. The average Bonchev–Trinajstić information content (AvgIpc) is 2.45. The molecule has 0 saturated carbocycles. The molecule has 2 aromatic rings. The third kappa shape index (κ3) is 3.75. The van der Waals surface area contributed by atoms with Gasteiger partial charge in [-0.1, -0.05) is 35.3 Å². The molecule has 5 nitrogen and oxygen atoms in total. The fourth-order valence-electron chi connectivity index (χ4n) is 2.19. The van der Waals surface area contributed by atoms with Gasteiger partial charge < -0.3 is 16.2 Å². The SMILES string of the molecule is Cc1ccc(C(=O)O)c(NC(C(N)=O)c2c(Cl)cccc2Cl)c1. The molecular formula is C16H14Cl2N2O3. The van der Waals surface area contributed by atoms with Gasteiger partial charge in [0.2, 0.25) is 5.91 Å². The lowest BCUT2D eigenvalue weighted by Crippen LogP contribution is -2.29.